The third-order valence-electron chi connectivity index (χ3n) is 2.56. The number of halogens is 1. The molecule has 0 radical (unpaired) electrons. The molecule has 0 aliphatic carbocycles. The zero-order chi connectivity index (χ0) is 11.5. The fourth-order valence-corrected chi connectivity index (χ4v) is 1.72. The van der Waals surface area contributed by atoms with E-state index in [2.05, 4.69) is 5.32 Å². The van der Waals surface area contributed by atoms with Crippen molar-refractivity contribution in [1.29, 1.82) is 0 Å². The van der Waals surface area contributed by atoms with E-state index in [1.54, 1.807) is 30.3 Å². The number of likely N-dealkylation sites (N-methyl/N-ethyl adjacent to an activating group) is 1. The van der Waals surface area contributed by atoms with Gasteiger partial charge in [-0.1, -0.05) is 11.6 Å². The highest BCUT2D eigenvalue weighted by molar-refractivity contribution is 6.30. The molecule has 1 aromatic carbocycles. The van der Waals surface area contributed by atoms with Crippen LogP contribution in [0, 0.1) is 0 Å². The first-order chi connectivity index (χ1) is 7.66. The second kappa shape index (κ2) is 4.58. The number of carbonyl (C=O) groups is 1. The molecule has 0 unspecified atom stereocenters. The van der Waals surface area contributed by atoms with Gasteiger partial charge in [0.05, 0.1) is 0 Å². The van der Waals surface area contributed by atoms with Crippen LogP contribution in [-0.2, 0) is 0 Å². The summed E-state index contributed by atoms with van der Waals surface area (Å²) in [7, 11) is 1.96. The average molecular weight is 237 g/mol. The van der Waals surface area contributed by atoms with Crippen LogP contribution in [0.25, 0.3) is 0 Å². The number of carbonyl (C=O) groups excluding carboxylic acids is 1. The van der Waals surface area contributed by atoms with E-state index >= 15 is 0 Å². The number of nitrogens with one attached hydrogen (secondary N) is 1. The molecule has 0 aromatic heterocycles. The predicted octanol–water partition coefficient (Wildman–Crippen LogP) is 1.90. The first-order valence-corrected chi connectivity index (χ1v) is 5.51. The molecule has 84 valence electrons. The Labute approximate surface area is 99.7 Å². The lowest BCUT2D eigenvalue weighted by Crippen LogP contribution is -2.15. The monoisotopic (exact) mass is 236 g/mol. The van der Waals surface area contributed by atoms with Gasteiger partial charge in [0, 0.05) is 36.8 Å². The molecule has 0 saturated carbocycles. The molecule has 1 aliphatic rings. The van der Waals surface area contributed by atoms with Gasteiger partial charge in [-0.3, -0.25) is 4.79 Å². The smallest absolute Gasteiger partial charge is 0.189 e. The van der Waals surface area contributed by atoms with Crippen molar-refractivity contribution in [2.75, 3.05) is 20.1 Å². The summed E-state index contributed by atoms with van der Waals surface area (Å²) in [5, 5.41) is 3.80. The van der Waals surface area contributed by atoms with Gasteiger partial charge < -0.3 is 10.2 Å². The van der Waals surface area contributed by atoms with E-state index in [1.165, 1.54) is 0 Å². The van der Waals surface area contributed by atoms with Gasteiger partial charge in [0.25, 0.3) is 0 Å². The van der Waals surface area contributed by atoms with Crippen LogP contribution in [0.5, 0.6) is 0 Å². The number of nitrogens with zero attached hydrogens (tertiary/aromatic N) is 1. The standard InChI is InChI=1S/C12H13ClN2O/c1-15-7-6-14-12(15)8-11(16)9-2-4-10(13)5-3-9/h2-5,8,14H,6-7H2,1H3/b12-8-. The van der Waals surface area contributed by atoms with Gasteiger partial charge in [0.2, 0.25) is 0 Å². The Bertz CT molecular complexity index is 425. The molecule has 1 N–H and O–H groups in total. The molecular weight excluding hydrogens is 224 g/mol. The number of benzene rings is 1. The van der Waals surface area contributed by atoms with Crippen molar-refractivity contribution in [3.05, 3.63) is 46.7 Å². The maximum absolute atomic E-state index is 11.9. The van der Waals surface area contributed by atoms with Crippen molar-refractivity contribution in [3.8, 4) is 0 Å². The Hall–Kier alpha value is -1.48. The first kappa shape index (κ1) is 11.0. The quantitative estimate of drug-likeness (QED) is 0.629. The zero-order valence-corrected chi connectivity index (χ0v) is 9.79. The maximum Gasteiger partial charge on any atom is 0.189 e. The Kier molecular flexibility index (Phi) is 3.15. The van der Waals surface area contributed by atoms with Crippen LogP contribution < -0.4 is 5.32 Å². The third kappa shape index (κ3) is 2.36. The van der Waals surface area contributed by atoms with Gasteiger partial charge in [-0.25, -0.2) is 0 Å². The number of hydrogen-bond donors (Lipinski definition) is 1. The van der Waals surface area contributed by atoms with E-state index in [1.807, 2.05) is 11.9 Å². The minimum Gasteiger partial charge on any atom is -0.370 e. The van der Waals surface area contributed by atoms with Gasteiger partial charge in [-0.05, 0) is 24.3 Å². The Balaban J connectivity index is 2.16. The minimum atomic E-state index is -0.00656. The van der Waals surface area contributed by atoms with Crippen LogP contribution in [0.2, 0.25) is 5.02 Å². The molecule has 2 rings (SSSR count). The van der Waals surface area contributed by atoms with Gasteiger partial charge >= 0.3 is 0 Å². The fourth-order valence-electron chi connectivity index (χ4n) is 1.59. The summed E-state index contributed by atoms with van der Waals surface area (Å²) in [6.07, 6.45) is 1.62. The van der Waals surface area contributed by atoms with Crippen molar-refractivity contribution in [3.63, 3.8) is 0 Å². The van der Waals surface area contributed by atoms with Crippen molar-refractivity contribution in [1.82, 2.24) is 10.2 Å². The summed E-state index contributed by atoms with van der Waals surface area (Å²) in [6, 6.07) is 6.91. The highest BCUT2D eigenvalue weighted by atomic mass is 35.5. The van der Waals surface area contributed by atoms with E-state index in [0.717, 1.165) is 18.9 Å². The molecule has 4 heteroatoms. The van der Waals surface area contributed by atoms with Crippen LogP contribution in [0.1, 0.15) is 10.4 Å². The Morgan fingerprint density at radius 2 is 2.12 bits per heavy atom. The van der Waals surface area contributed by atoms with Crippen LogP contribution in [0.3, 0.4) is 0 Å². The molecule has 3 nitrogen and oxygen atoms in total. The second-order valence-electron chi connectivity index (χ2n) is 3.75. The first-order valence-electron chi connectivity index (χ1n) is 5.13. The van der Waals surface area contributed by atoms with Crippen LogP contribution in [-0.4, -0.2) is 30.8 Å². The molecule has 1 fully saturated rings. The number of hydrogen-bond acceptors (Lipinski definition) is 3. The number of rotatable bonds is 2. The molecule has 0 amide bonds. The number of allylic oxidation sites excluding steroid dienone is 1. The predicted molar refractivity (Wildman–Crippen MR) is 64.5 cm³/mol. The summed E-state index contributed by atoms with van der Waals surface area (Å²) in [5.74, 6) is 0.868. The van der Waals surface area contributed by atoms with E-state index in [0.29, 0.717) is 10.6 Å². The summed E-state index contributed by atoms with van der Waals surface area (Å²) in [6.45, 7) is 1.82. The van der Waals surface area contributed by atoms with Gasteiger partial charge in [0.1, 0.15) is 5.82 Å². The molecular formula is C12H13ClN2O. The van der Waals surface area contributed by atoms with Crippen molar-refractivity contribution in [2.24, 2.45) is 0 Å². The highest BCUT2D eigenvalue weighted by Gasteiger charge is 2.13. The average Bonchev–Trinajstić information content (AvgIpc) is 2.65. The topological polar surface area (TPSA) is 32.3 Å². The van der Waals surface area contributed by atoms with Crippen molar-refractivity contribution >= 4 is 17.4 Å². The van der Waals surface area contributed by atoms with E-state index in [-0.39, 0.29) is 5.78 Å². The summed E-state index contributed by atoms with van der Waals surface area (Å²) in [4.78, 5) is 13.9. The van der Waals surface area contributed by atoms with Gasteiger partial charge in [-0.2, -0.15) is 0 Å². The minimum absolute atomic E-state index is 0.00656. The fraction of sp³-hybridized carbons (Fsp3) is 0.250. The molecule has 0 spiro atoms. The highest BCUT2D eigenvalue weighted by Crippen LogP contribution is 2.12. The van der Waals surface area contributed by atoms with E-state index < -0.39 is 0 Å². The second-order valence-corrected chi connectivity index (χ2v) is 4.19. The lowest BCUT2D eigenvalue weighted by Gasteiger charge is -2.10. The van der Waals surface area contributed by atoms with Crippen LogP contribution in [0.4, 0.5) is 0 Å². The Morgan fingerprint density at radius 1 is 1.44 bits per heavy atom. The van der Waals surface area contributed by atoms with E-state index in [4.69, 9.17) is 11.6 Å². The van der Waals surface area contributed by atoms with Crippen LogP contribution in [0.15, 0.2) is 36.2 Å². The molecule has 1 aromatic rings. The lowest BCUT2D eigenvalue weighted by molar-refractivity contribution is 0.104. The third-order valence-corrected chi connectivity index (χ3v) is 2.81. The van der Waals surface area contributed by atoms with Crippen molar-refractivity contribution < 1.29 is 4.79 Å². The molecule has 1 saturated heterocycles. The summed E-state index contributed by atoms with van der Waals surface area (Å²) >= 11 is 5.76. The van der Waals surface area contributed by atoms with Gasteiger partial charge in [0.15, 0.2) is 5.78 Å². The summed E-state index contributed by atoms with van der Waals surface area (Å²) < 4.78 is 0. The molecule has 0 atom stereocenters. The largest absolute Gasteiger partial charge is 0.370 e. The lowest BCUT2D eigenvalue weighted by atomic mass is 10.1. The van der Waals surface area contributed by atoms with Gasteiger partial charge in [-0.15, -0.1) is 0 Å². The Morgan fingerprint density at radius 3 is 2.69 bits per heavy atom. The normalized spacial score (nSPS) is 17.6. The molecule has 0 bridgehead atoms. The number of ketones is 1. The SMILES string of the molecule is CN1CCN/C1=C/C(=O)c1ccc(Cl)cc1. The van der Waals surface area contributed by atoms with E-state index in [9.17, 15) is 4.79 Å². The van der Waals surface area contributed by atoms with Crippen LogP contribution >= 0.6 is 11.6 Å². The maximum atomic E-state index is 11.9. The van der Waals surface area contributed by atoms with Crippen molar-refractivity contribution in [2.45, 2.75) is 0 Å². The molecule has 1 aliphatic heterocycles. The molecule has 1 heterocycles. The molecule has 16 heavy (non-hydrogen) atoms. The summed E-state index contributed by atoms with van der Waals surface area (Å²) in [5.41, 5.74) is 0.652. The zero-order valence-electron chi connectivity index (χ0n) is 9.03.